The molecule has 0 rings (SSSR count). The van der Waals surface area contributed by atoms with Crippen molar-refractivity contribution in [2.75, 3.05) is 14.2 Å². The number of ether oxygens (including phenoxy) is 2. The first-order valence-electron chi connectivity index (χ1n) is 7.76. The van der Waals surface area contributed by atoms with Gasteiger partial charge in [0.2, 0.25) is 0 Å². The number of hydrogen-bond donors (Lipinski definition) is 0. The number of esters is 2. The van der Waals surface area contributed by atoms with E-state index in [4.69, 9.17) is 9.47 Å². The fourth-order valence-electron chi connectivity index (χ4n) is 2.46. The van der Waals surface area contributed by atoms with Crippen LogP contribution in [0.4, 0.5) is 0 Å². The molecule has 0 aliphatic carbocycles. The highest BCUT2D eigenvalue weighted by Gasteiger charge is 2.31. The molecule has 4 heteroatoms. The highest BCUT2D eigenvalue weighted by molar-refractivity contribution is 5.94. The van der Waals surface area contributed by atoms with Crippen molar-refractivity contribution in [2.24, 2.45) is 11.8 Å². The molecule has 0 fully saturated rings. The Morgan fingerprint density at radius 2 is 1.35 bits per heavy atom. The van der Waals surface area contributed by atoms with E-state index in [0.717, 1.165) is 32.1 Å². The normalized spacial score (nSPS) is 12.2. The standard InChI is InChI=1S/C16H30O4/c1-5-7-9-11-13(10-8-6-2)12-14(15(17)19-3)16(18)20-4/h13-14H,5-12H2,1-4H3. The number of carbonyl (C=O) groups is 2. The van der Waals surface area contributed by atoms with E-state index in [1.165, 1.54) is 27.1 Å². The van der Waals surface area contributed by atoms with Crippen molar-refractivity contribution in [1.82, 2.24) is 0 Å². The fraction of sp³-hybridized carbons (Fsp3) is 0.875. The molecule has 20 heavy (non-hydrogen) atoms. The van der Waals surface area contributed by atoms with Gasteiger partial charge in [0.25, 0.3) is 0 Å². The van der Waals surface area contributed by atoms with E-state index in [-0.39, 0.29) is 0 Å². The molecule has 0 saturated carbocycles. The summed E-state index contributed by atoms with van der Waals surface area (Å²) >= 11 is 0. The van der Waals surface area contributed by atoms with Crippen molar-refractivity contribution in [2.45, 2.75) is 65.2 Å². The van der Waals surface area contributed by atoms with Gasteiger partial charge in [-0.15, -0.1) is 0 Å². The minimum absolute atomic E-state index is 0.393. The number of hydrogen-bond acceptors (Lipinski definition) is 4. The molecule has 4 nitrogen and oxygen atoms in total. The molecule has 0 amide bonds. The zero-order valence-corrected chi connectivity index (χ0v) is 13.4. The summed E-state index contributed by atoms with van der Waals surface area (Å²) in [6, 6.07) is 0. The highest BCUT2D eigenvalue weighted by Crippen LogP contribution is 2.25. The molecule has 0 aromatic carbocycles. The lowest BCUT2D eigenvalue weighted by molar-refractivity contribution is -0.159. The van der Waals surface area contributed by atoms with Crippen LogP contribution in [0, 0.1) is 11.8 Å². The molecule has 0 N–H and O–H groups in total. The molecule has 0 bridgehead atoms. The van der Waals surface area contributed by atoms with Crippen LogP contribution in [0.15, 0.2) is 0 Å². The smallest absolute Gasteiger partial charge is 0.320 e. The molecule has 0 saturated heterocycles. The Morgan fingerprint density at radius 1 is 0.850 bits per heavy atom. The summed E-state index contributed by atoms with van der Waals surface area (Å²) < 4.78 is 9.45. The lowest BCUT2D eigenvalue weighted by atomic mass is 9.86. The van der Waals surface area contributed by atoms with Crippen LogP contribution in [0.3, 0.4) is 0 Å². The predicted molar refractivity (Wildman–Crippen MR) is 79.3 cm³/mol. The van der Waals surface area contributed by atoms with E-state index in [1.54, 1.807) is 0 Å². The second kappa shape index (κ2) is 11.7. The summed E-state index contributed by atoms with van der Waals surface area (Å²) in [4.78, 5) is 23.5. The number of carbonyl (C=O) groups excluding carboxylic acids is 2. The molecule has 0 heterocycles. The first kappa shape index (κ1) is 18.9. The third-order valence-electron chi connectivity index (χ3n) is 3.72. The lowest BCUT2D eigenvalue weighted by Gasteiger charge is -2.20. The van der Waals surface area contributed by atoms with Crippen LogP contribution < -0.4 is 0 Å². The maximum Gasteiger partial charge on any atom is 0.320 e. The molecule has 118 valence electrons. The zero-order valence-electron chi connectivity index (χ0n) is 13.4. The van der Waals surface area contributed by atoms with E-state index in [1.807, 2.05) is 0 Å². The molecular formula is C16H30O4. The van der Waals surface area contributed by atoms with Gasteiger partial charge < -0.3 is 9.47 Å². The molecule has 0 radical (unpaired) electrons. The topological polar surface area (TPSA) is 52.6 Å². The highest BCUT2D eigenvalue weighted by atomic mass is 16.5. The lowest BCUT2D eigenvalue weighted by Crippen LogP contribution is -2.28. The minimum Gasteiger partial charge on any atom is -0.468 e. The van der Waals surface area contributed by atoms with Crippen LogP contribution >= 0.6 is 0 Å². The van der Waals surface area contributed by atoms with Crippen molar-refractivity contribution in [3.8, 4) is 0 Å². The van der Waals surface area contributed by atoms with Gasteiger partial charge in [0, 0.05) is 0 Å². The van der Waals surface area contributed by atoms with Gasteiger partial charge >= 0.3 is 11.9 Å². The quantitative estimate of drug-likeness (QED) is 0.330. The van der Waals surface area contributed by atoms with Crippen LogP contribution in [0.5, 0.6) is 0 Å². The molecule has 0 aromatic rings. The van der Waals surface area contributed by atoms with Crippen molar-refractivity contribution < 1.29 is 19.1 Å². The Bertz CT molecular complexity index is 260. The minimum atomic E-state index is -0.770. The van der Waals surface area contributed by atoms with Crippen molar-refractivity contribution in [3.63, 3.8) is 0 Å². The van der Waals surface area contributed by atoms with E-state index in [9.17, 15) is 9.59 Å². The summed E-state index contributed by atoms with van der Waals surface area (Å²) in [5.74, 6) is -1.33. The largest absolute Gasteiger partial charge is 0.468 e. The third-order valence-corrected chi connectivity index (χ3v) is 3.72. The second-order valence-corrected chi connectivity index (χ2v) is 5.34. The third kappa shape index (κ3) is 7.51. The Hall–Kier alpha value is -1.06. The molecule has 1 unspecified atom stereocenters. The van der Waals surface area contributed by atoms with E-state index in [2.05, 4.69) is 13.8 Å². The van der Waals surface area contributed by atoms with Gasteiger partial charge in [-0.1, -0.05) is 58.8 Å². The molecule has 0 aromatic heterocycles. The summed E-state index contributed by atoms with van der Waals surface area (Å²) in [5.41, 5.74) is 0. The van der Waals surface area contributed by atoms with Gasteiger partial charge in [-0.2, -0.15) is 0 Å². The molecule has 0 spiro atoms. The molecule has 0 aliphatic heterocycles. The summed E-state index contributed by atoms with van der Waals surface area (Å²) in [7, 11) is 2.63. The summed E-state index contributed by atoms with van der Waals surface area (Å²) in [6.45, 7) is 4.33. The zero-order chi connectivity index (χ0) is 15.4. The number of unbranched alkanes of at least 4 members (excludes halogenated alkanes) is 3. The van der Waals surface area contributed by atoms with Crippen molar-refractivity contribution >= 4 is 11.9 Å². The first-order valence-corrected chi connectivity index (χ1v) is 7.76. The average molecular weight is 286 g/mol. The summed E-state index contributed by atoms with van der Waals surface area (Å²) in [5, 5.41) is 0. The second-order valence-electron chi connectivity index (χ2n) is 5.34. The van der Waals surface area contributed by atoms with Crippen LogP contribution in [0.2, 0.25) is 0 Å². The van der Waals surface area contributed by atoms with E-state index < -0.39 is 17.9 Å². The monoisotopic (exact) mass is 286 g/mol. The first-order chi connectivity index (χ1) is 9.60. The van der Waals surface area contributed by atoms with Gasteiger partial charge in [0.1, 0.15) is 0 Å². The van der Waals surface area contributed by atoms with E-state index in [0.29, 0.717) is 12.3 Å². The van der Waals surface area contributed by atoms with Crippen molar-refractivity contribution in [1.29, 1.82) is 0 Å². The van der Waals surface area contributed by atoms with Gasteiger partial charge in [-0.25, -0.2) is 0 Å². The number of rotatable bonds is 11. The predicted octanol–water partition coefficient (Wildman–Crippen LogP) is 3.73. The molecular weight excluding hydrogens is 256 g/mol. The van der Waals surface area contributed by atoms with Gasteiger partial charge in [0.05, 0.1) is 14.2 Å². The Balaban J connectivity index is 4.59. The Kier molecular flexibility index (Phi) is 11.1. The maximum absolute atomic E-state index is 11.7. The van der Waals surface area contributed by atoms with Gasteiger partial charge in [-0.05, 0) is 12.3 Å². The Morgan fingerprint density at radius 3 is 1.80 bits per heavy atom. The Labute approximate surface area is 123 Å². The van der Waals surface area contributed by atoms with Crippen LogP contribution in [0.25, 0.3) is 0 Å². The number of methoxy groups -OCH3 is 2. The van der Waals surface area contributed by atoms with Crippen LogP contribution in [-0.4, -0.2) is 26.2 Å². The molecule has 0 aliphatic rings. The van der Waals surface area contributed by atoms with Gasteiger partial charge in [0.15, 0.2) is 5.92 Å². The summed E-state index contributed by atoms with van der Waals surface area (Å²) in [6.07, 6.45) is 8.46. The van der Waals surface area contributed by atoms with Gasteiger partial charge in [-0.3, -0.25) is 9.59 Å². The van der Waals surface area contributed by atoms with E-state index >= 15 is 0 Å². The maximum atomic E-state index is 11.7. The average Bonchev–Trinajstić information content (AvgIpc) is 2.47. The fourth-order valence-corrected chi connectivity index (χ4v) is 2.46. The SMILES string of the molecule is CCCCCC(CCCC)CC(C(=O)OC)C(=O)OC. The van der Waals surface area contributed by atoms with Crippen molar-refractivity contribution in [3.05, 3.63) is 0 Å². The van der Waals surface area contributed by atoms with Crippen LogP contribution in [0.1, 0.15) is 65.2 Å². The molecule has 1 atom stereocenters. The van der Waals surface area contributed by atoms with Crippen LogP contribution in [-0.2, 0) is 19.1 Å².